The molecule has 1 amide bonds. The fourth-order valence-electron chi connectivity index (χ4n) is 3.01. The van der Waals surface area contributed by atoms with E-state index >= 15 is 0 Å². The summed E-state index contributed by atoms with van der Waals surface area (Å²) in [6, 6.07) is 13.5. The minimum atomic E-state index is -0.346. The molecular weight excluding hydrogens is 388 g/mol. The van der Waals surface area contributed by atoms with Gasteiger partial charge in [0.05, 0.1) is 5.25 Å². The SMILES string of the molecule is CCn1c(SC(C)C(=O)Nc2ccc3c(c2)OCO3)nnc1-c1ccc(C)cc1. The smallest absolute Gasteiger partial charge is 0.237 e. The molecule has 1 atom stereocenters. The lowest BCUT2D eigenvalue weighted by molar-refractivity contribution is -0.115. The highest BCUT2D eigenvalue weighted by Gasteiger charge is 2.21. The van der Waals surface area contributed by atoms with E-state index in [0.29, 0.717) is 17.2 Å². The summed E-state index contributed by atoms with van der Waals surface area (Å²) in [5.41, 5.74) is 2.87. The maximum atomic E-state index is 12.7. The summed E-state index contributed by atoms with van der Waals surface area (Å²) in [5, 5.41) is 12.0. The predicted molar refractivity (Wildman–Crippen MR) is 112 cm³/mol. The lowest BCUT2D eigenvalue weighted by Gasteiger charge is -2.13. The van der Waals surface area contributed by atoms with E-state index in [-0.39, 0.29) is 18.0 Å². The zero-order valence-electron chi connectivity index (χ0n) is 16.5. The van der Waals surface area contributed by atoms with E-state index in [4.69, 9.17) is 9.47 Å². The lowest BCUT2D eigenvalue weighted by atomic mass is 10.1. The van der Waals surface area contributed by atoms with Crippen LogP contribution in [0.3, 0.4) is 0 Å². The second kappa shape index (κ2) is 8.16. The van der Waals surface area contributed by atoms with E-state index in [1.165, 1.54) is 17.3 Å². The number of aromatic nitrogens is 3. The molecule has 29 heavy (non-hydrogen) atoms. The van der Waals surface area contributed by atoms with Gasteiger partial charge in [-0.05, 0) is 32.9 Å². The summed E-state index contributed by atoms with van der Waals surface area (Å²) >= 11 is 1.39. The molecular formula is C21H22N4O3S. The Morgan fingerprint density at radius 1 is 1.17 bits per heavy atom. The number of nitrogens with one attached hydrogen (secondary N) is 1. The largest absolute Gasteiger partial charge is 0.454 e. The zero-order chi connectivity index (χ0) is 20.4. The Bertz CT molecular complexity index is 1030. The Morgan fingerprint density at radius 3 is 2.69 bits per heavy atom. The number of carbonyl (C=O) groups excluding carboxylic acids is 1. The minimum absolute atomic E-state index is 0.114. The number of ether oxygens (including phenoxy) is 2. The number of hydrogen-bond acceptors (Lipinski definition) is 6. The molecule has 0 bridgehead atoms. The Hall–Kier alpha value is -3.00. The van der Waals surface area contributed by atoms with E-state index in [9.17, 15) is 4.79 Å². The molecule has 0 saturated heterocycles. The van der Waals surface area contributed by atoms with Crippen molar-refractivity contribution in [1.82, 2.24) is 14.8 Å². The van der Waals surface area contributed by atoms with Crippen LogP contribution in [0.5, 0.6) is 11.5 Å². The first-order valence-corrected chi connectivity index (χ1v) is 10.3. The molecule has 2 aromatic carbocycles. The number of anilines is 1. The van der Waals surface area contributed by atoms with Gasteiger partial charge in [-0.3, -0.25) is 4.79 Å². The first kappa shape index (κ1) is 19.3. The lowest BCUT2D eigenvalue weighted by Crippen LogP contribution is -2.22. The van der Waals surface area contributed by atoms with Crippen molar-refractivity contribution in [3.05, 3.63) is 48.0 Å². The van der Waals surface area contributed by atoms with Crippen LogP contribution in [0.25, 0.3) is 11.4 Å². The number of aryl methyl sites for hydroxylation is 1. The van der Waals surface area contributed by atoms with E-state index in [1.54, 1.807) is 18.2 Å². The summed E-state index contributed by atoms with van der Waals surface area (Å²) < 4.78 is 12.7. The van der Waals surface area contributed by atoms with Gasteiger partial charge >= 0.3 is 0 Å². The molecule has 8 heteroatoms. The number of nitrogens with zero attached hydrogens (tertiary/aromatic N) is 3. The van der Waals surface area contributed by atoms with Crippen molar-refractivity contribution in [2.24, 2.45) is 0 Å². The quantitative estimate of drug-likeness (QED) is 0.616. The first-order valence-electron chi connectivity index (χ1n) is 9.42. The van der Waals surface area contributed by atoms with Gasteiger partial charge in [-0.25, -0.2) is 0 Å². The monoisotopic (exact) mass is 410 g/mol. The number of amides is 1. The number of carbonyl (C=O) groups is 1. The van der Waals surface area contributed by atoms with Crippen molar-refractivity contribution >= 4 is 23.4 Å². The molecule has 1 aliphatic heterocycles. The molecule has 3 aromatic rings. The standard InChI is InChI=1S/C21H22N4O3S/c1-4-25-19(15-7-5-13(2)6-8-15)23-24-21(25)29-14(3)20(26)22-16-9-10-17-18(11-16)28-12-27-17/h5-11,14H,4,12H2,1-3H3,(H,22,26). The third-order valence-electron chi connectivity index (χ3n) is 4.63. The molecule has 0 fully saturated rings. The summed E-state index contributed by atoms with van der Waals surface area (Å²) in [7, 11) is 0. The fourth-order valence-corrected chi connectivity index (χ4v) is 3.92. The van der Waals surface area contributed by atoms with E-state index in [1.807, 2.05) is 30.5 Å². The van der Waals surface area contributed by atoms with Crippen LogP contribution in [0.1, 0.15) is 19.4 Å². The van der Waals surface area contributed by atoms with Gasteiger partial charge in [0.1, 0.15) is 0 Å². The number of rotatable bonds is 6. The maximum Gasteiger partial charge on any atom is 0.237 e. The van der Waals surface area contributed by atoms with Crippen molar-refractivity contribution in [3.8, 4) is 22.9 Å². The first-order chi connectivity index (χ1) is 14.0. The molecule has 0 spiro atoms. The molecule has 1 unspecified atom stereocenters. The fraction of sp³-hybridized carbons (Fsp3) is 0.286. The molecule has 4 rings (SSSR count). The van der Waals surface area contributed by atoms with Gasteiger partial charge in [0.2, 0.25) is 12.7 Å². The third-order valence-corrected chi connectivity index (χ3v) is 5.71. The number of hydrogen-bond donors (Lipinski definition) is 1. The topological polar surface area (TPSA) is 78.3 Å². The van der Waals surface area contributed by atoms with Gasteiger partial charge < -0.3 is 19.4 Å². The summed E-state index contributed by atoms with van der Waals surface area (Å²) in [6.07, 6.45) is 0. The second-order valence-electron chi connectivity index (χ2n) is 6.73. The van der Waals surface area contributed by atoms with E-state index < -0.39 is 0 Å². The molecule has 0 aliphatic carbocycles. The van der Waals surface area contributed by atoms with Crippen molar-refractivity contribution in [2.45, 2.75) is 37.7 Å². The van der Waals surface area contributed by atoms with Crippen molar-refractivity contribution in [2.75, 3.05) is 12.1 Å². The molecule has 150 valence electrons. The normalized spacial score (nSPS) is 13.3. The maximum absolute atomic E-state index is 12.7. The van der Waals surface area contributed by atoms with E-state index in [0.717, 1.165) is 23.1 Å². The van der Waals surface area contributed by atoms with Crippen LogP contribution in [0.2, 0.25) is 0 Å². The Morgan fingerprint density at radius 2 is 1.93 bits per heavy atom. The van der Waals surface area contributed by atoms with Gasteiger partial charge in [-0.1, -0.05) is 41.6 Å². The van der Waals surface area contributed by atoms with Crippen LogP contribution in [0.4, 0.5) is 5.69 Å². The van der Waals surface area contributed by atoms with Gasteiger partial charge in [-0.2, -0.15) is 0 Å². The van der Waals surface area contributed by atoms with Crippen LogP contribution in [-0.4, -0.2) is 32.7 Å². The predicted octanol–water partition coefficient (Wildman–Crippen LogP) is 4.12. The Balaban J connectivity index is 1.47. The van der Waals surface area contributed by atoms with Crippen LogP contribution in [0.15, 0.2) is 47.6 Å². The summed E-state index contributed by atoms with van der Waals surface area (Å²) in [6.45, 7) is 6.87. The van der Waals surface area contributed by atoms with Crippen LogP contribution < -0.4 is 14.8 Å². The Kier molecular flexibility index (Phi) is 5.44. The van der Waals surface area contributed by atoms with Crippen molar-refractivity contribution in [1.29, 1.82) is 0 Å². The highest BCUT2D eigenvalue weighted by atomic mass is 32.2. The average molecular weight is 410 g/mol. The van der Waals surface area contributed by atoms with Gasteiger partial charge in [0, 0.05) is 23.9 Å². The number of fused-ring (bicyclic) bond motifs is 1. The van der Waals surface area contributed by atoms with E-state index in [2.05, 4.69) is 34.6 Å². The molecule has 0 radical (unpaired) electrons. The average Bonchev–Trinajstić information content (AvgIpc) is 3.34. The van der Waals surface area contributed by atoms with Crippen molar-refractivity contribution in [3.63, 3.8) is 0 Å². The van der Waals surface area contributed by atoms with Crippen molar-refractivity contribution < 1.29 is 14.3 Å². The van der Waals surface area contributed by atoms with Crippen LogP contribution in [0, 0.1) is 6.92 Å². The number of benzene rings is 2. The van der Waals surface area contributed by atoms with Gasteiger partial charge in [0.15, 0.2) is 22.5 Å². The van der Waals surface area contributed by atoms with Crippen LogP contribution in [-0.2, 0) is 11.3 Å². The molecule has 2 heterocycles. The molecule has 1 aliphatic rings. The third kappa shape index (κ3) is 4.07. The highest BCUT2D eigenvalue weighted by molar-refractivity contribution is 8.00. The highest BCUT2D eigenvalue weighted by Crippen LogP contribution is 2.34. The molecule has 0 saturated carbocycles. The van der Waals surface area contributed by atoms with Crippen LogP contribution >= 0.6 is 11.8 Å². The summed E-state index contributed by atoms with van der Waals surface area (Å²) in [5.74, 6) is 2.01. The zero-order valence-corrected chi connectivity index (χ0v) is 17.3. The molecule has 7 nitrogen and oxygen atoms in total. The molecule has 1 aromatic heterocycles. The number of thioether (sulfide) groups is 1. The minimum Gasteiger partial charge on any atom is -0.454 e. The summed E-state index contributed by atoms with van der Waals surface area (Å²) in [4.78, 5) is 12.7. The van der Waals surface area contributed by atoms with Gasteiger partial charge in [0.25, 0.3) is 0 Å². The molecule has 1 N–H and O–H groups in total. The second-order valence-corrected chi connectivity index (χ2v) is 8.04. The Labute approximate surface area is 173 Å². The van der Waals surface area contributed by atoms with Gasteiger partial charge in [-0.15, -0.1) is 10.2 Å².